The second-order valence-corrected chi connectivity index (χ2v) is 9.13. The van der Waals surface area contributed by atoms with Crippen LogP contribution in [0.4, 0.5) is 0 Å². The Hall–Kier alpha value is -2.99. The molecule has 5 rings (SSSR count). The number of likely N-dealkylation sites (tertiary alicyclic amines) is 1. The summed E-state index contributed by atoms with van der Waals surface area (Å²) in [6, 6.07) is 14.3. The van der Waals surface area contributed by atoms with Gasteiger partial charge < -0.3 is 19.2 Å². The molecule has 0 saturated carbocycles. The molecule has 1 fully saturated rings. The normalized spacial score (nSPS) is 17.0. The molecule has 1 aromatic heterocycles. The summed E-state index contributed by atoms with van der Waals surface area (Å²) in [5.41, 5.74) is 3.48. The largest absolute Gasteiger partial charge is 0.497 e. The zero-order valence-corrected chi connectivity index (χ0v) is 19.3. The Morgan fingerprint density at radius 1 is 1.09 bits per heavy atom. The topological polar surface area (TPSA) is 63.9 Å². The predicted octanol–water partition coefficient (Wildman–Crippen LogP) is 4.48. The lowest BCUT2D eigenvalue weighted by Crippen LogP contribution is -2.45. The van der Waals surface area contributed by atoms with Gasteiger partial charge in [0.1, 0.15) is 22.8 Å². The molecule has 3 aromatic rings. The molecule has 0 radical (unpaired) electrons. The number of rotatable bonds is 7. The van der Waals surface area contributed by atoms with E-state index in [1.54, 1.807) is 7.11 Å². The number of ether oxygens (including phenoxy) is 2. The van der Waals surface area contributed by atoms with Crippen LogP contribution in [0.2, 0.25) is 0 Å². The van der Waals surface area contributed by atoms with Gasteiger partial charge in [-0.3, -0.25) is 9.69 Å². The van der Waals surface area contributed by atoms with Crippen LogP contribution < -0.4 is 14.8 Å². The Balaban J connectivity index is 1.09. The summed E-state index contributed by atoms with van der Waals surface area (Å²) in [6.45, 7) is 2.87. The van der Waals surface area contributed by atoms with Gasteiger partial charge in [0.05, 0.1) is 7.11 Å². The van der Waals surface area contributed by atoms with Gasteiger partial charge in [-0.25, -0.2) is 0 Å². The number of nitrogens with one attached hydrogen (secondary N) is 1. The molecule has 33 heavy (non-hydrogen) atoms. The van der Waals surface area contributed by atoms with Gasteiger partial charge >= 0.3 is 0 Å². The molecule has 1 saturated heterocycles. The van der Waals surface area contributed by atoms with E-state index in [1.807, 2.05) is 30.3 Å². The fourth-order valence-corrected chi connectivity index (χ4v) is 5.01. The van der Waals surface area contributed by atoms with E-state index in [2.05, 4.69) is 22.3 Å². The van der Waals surface area contributed by atoms with Crippen LogP contribution in [0, 0.1) is 0 Å². The van der Waals surface area contributed by atoms with Crippen molar-refractivity contribution >= 4 is 16.9 Å². The summed E-state index contributed by atoms with van der Waals surface area (Å²) >= 11 is 0. The number of nitrogens with zero attached hydrogens (tertiary/aromatic N) is 1. The second-order valence-electron chi connectivity index (χ2n) is 9.13. The van der Waals surface area contributed by atoms with Crippen LogP contribution in [0.3, 0.4) is 0 Å². The van der Waals surface area contributed by atoms with Gasteiger partial charge in [-0.15, -0.1) is 0 Å². The monoisotopic (exact) mass is 448 g/mol. The van der Waals surface area contributed by atoms with E-state index in [4.69, 9.17) is 13.9 Å². The quantitative estimate of drug-likeness (QED) is 0.577. The molecule has 0 atom stereocenters. The van der Waals surface area contributed by atoms with Crippen LogP contribution >= 0.6 is 0 Å². The molecule has 2 aliphatic rings. The molecule has 1 aliphatic carbocycles. The second kappa shape index (κ2) is 9.87. The number of hydrogen-bond acceptors (Lipinski definition) is 5. The van der Waals surface area contributed by atoms with Crippen LogP contribution in [0.1, 0.15) is 42.6 Å². The zero-order valence-electron chi connectivity index (χ0n) is 19.3. The number of carbonyl (C=O) groups is 1. The fraction of sp³-hybridized carbons (Fsp3) is 0.444. The Morgan fingerprint density at radius 2 is 1.94 bits per heavy atom. The average molecular weight is 449 g/mol. The number of piperidine rings is 1. The van der Waals surface area contributed by atoms with Gasteiger partial charge in [0.25, 0.3) is 5.91 Å². The van der Waals surface area contributed by atoms with Gasteiger partial charge in [0.15, 0.2) is 6.61 Å². The molecule has 6 nitrogen and oxygen atoms in total. The molecule has 2 heterocycles. The minimum atomic E-state index is -0.0597. The molecular weight excluding hydrogens is 416 g/mol. The smallest absolute Gasteiger partial charge is 0.258 e. The minimum absolute atomic E-state index is 0.0373. The van der Waals surface area contributed by atoms with Gasteiger partial charge in [-0.05, 0) is 68.0 Å². The summed E-state index contributed by atoms with van der Waals surface area (Å²) in [6.07, 6.45) is 6.36. The van der Waals surface area contributed by atoms with Crippen molar-refractivity contribution in [1.82, 2.24) is 10.2 Å². The summed E-state index contributed by atoms with van der Waals surface area (Å²) < 4.78 is 17.1. The highest BCUT2D eigenvalue weighted by Crippen LogP contribution is 2.34. The first-order valence-corrected chi connectivity index (χ1v) is 12.0. The average Bonchev–Trinajstić information content (AvgIpc) is 3.22. The maximum Gasteiger partial charge on any atom is 0.258 e. The first kappa shape index (κ1) is 21.8. The lowest BCUT2D eigenvalue weighted by molar-refractivity contribution is -0.124. The lowest BCUT2D eigenvalue weighted by atomic mass is 9.96. The van der Waals surface area contributed by atoms with Crippen LogP contribution in [0.15, 0.2) is 46.9 Å². The molecule has 0 bridgehead atoms. The Morgan fingerprint density at radius 3 is 2.79 bits per heavy atom. The number of fused-ring (bicyclic) bond motifs is 3. The van der Waals surface area contributed by atoms with Crippen LogP contribution in [0.5, 0.6) is 11.5 Å². The molecule has 1 amide bonds. The first-order chi connectivity index (χ1) is 16.2. The van der Waals surface area contributed by atoms with Gasteiger partial charge in [-0.1, -0.05) is 12.1 Å². The zero-order chi connectivity index (χ0) is 22.6. The summed E-state index contributed by atoms with van der Waals surface area (Å²) in [5.74, 6) is 2.67. The number of carbonyl (C=O) groups excluding carboxylic acids is 1. The van der Waals surface area contributed by atoms with E-state index in [0.29, 0.717) is 0 Å². The molecule has 174 valence electrons. The van der Waals surface area contributed by atoms with Crippen molar-refractivity contribution in [3.05, 3.63) is 59.4 Å². The Labute approximate surface area is 194 Å². The summed E-state index contributed by atoms with van der Waals surface area (Å²) in [5, 5.41) is 4.28. The number of benzene rings is 2. The number of furan rings is 1. The van der Waals surface area contributed by atoms with Crippen LogP contribution in [-0.2, 0) is 24.2 Å². The van der Waals surface area contributed by atoms with Gasteiger partial charge in [0, 0.05) is 43.0 Å². The lowest BCUT2D eigenvalue weighted by Gasteiger charge is -2.32. The standard InChI is InChI=1S/C27H32N2O4/c1-31-21-6-4-5-19(15-21)17-29-13-11-20(12-14-29)28-27(30)18-32-22-9-10-26-24(16-22)23-7-2-3-8-25(23)33-26/h4-6,9-10,15-16,20H,2-3,7-8,11-14,17-18H2,1H3,(H,28,30). The highest BCUT2D eigenvalue weighted by Gasteiger charge is 2.22. The molecule has 6 heteroatoms. The maximum atomic E-state index is 12.5. The van der Waals surface area contributed by atoms with Crippen molar-refractivity contribution in [3.63, 3.8) is 0 Å². The summed E-state index contributed by atoms with van der Waals surface area (Å²) in [7, 11) is 1.69. The molecule has 1 N–H and O–H groups in total. The fourth-order valence-electron chi connectivity index (χ4n) is 5.01. The molecular formula is C27H32N2O4. The van der Waals surface area contributed by atoms with E-state index >= 15 is 0 Å². The van der Waals surface area contributed by atoms with Crippen molar-refractivity contribution in [2.45, 2.75) is 51.1 Å². The van der Waals surface area contributed by atoms with E-state index in [9.17, 15) is 4.79 Å². The highest BCUT2D eigenvalue weighted by molar-refractivity contribution is 5.84. The number of methoxy groups -OCH3 is 1. The van der Waals surface area contributed by atoms with Crippen molar-refractivity contribution in [2.75, 3.05) is 26.8 Å². The highest BCUT2D eigenvalue weighted by atomic mass is 16.5. The third kappa shape index (κ3) is 5.17. The molecule has 0 unspecified atom stereocenters. The SMILES string of the molecule is COc1cccc(CN2CCC(NC(=O)COc3ccc4oc5c(c4c3)CCCC5)CC2)c1. The predicted molar refractivity (Wildman–Crippen MR) is 128 cm³/mol. The van der Waals surface area contributed by atoms with E-state index in [1.165, 1.54) is 24.0 Å². The Kier molecular flexibility index (Phi) is 6.53. The summed E-state index contributed by atoms with van der Waals surface area (Å²) in [4.78, 5) is 14.9. The minimum Gasteiger partial charge on any atom is -0.497 e. The maximum absolute atomic E-state index is 12.5. The van der Waals surface area contributed by atoms with Crippen molar-refractivity contribution in [2.24, 2.45) is 0 Å². The number of aryl methyl sites for hydroxylation is 2. The van der Waals surface area contributed by atoms with Crippen molar-refractivity contribution in [3.8, 4) is 11.5 Å². The molecule has 0 spiro atoms. The van der Waals surface area contributed by atoms with Crippen molar-refractivity contribution < 1.29 is 18.7 Å². The van der Waals surface area contributed by atoms with E-state index < -0.39 is 0 Å². The molecule has 2 aromatic carbocycles. The number of hydrogen-bond donors (Lipinski definition) is 1. The van der Waals surface area contributed by atoms with Gasteiger partial charge in [-0.2, -0.15) is 0 Å². The van der Waals surface area contributed by atoms with Crippen LogP contribution in [0.25, 0.3) is 11.0 Å². The van der Waals surface area contributed by atoms with E-state index in [0.717, 1.165) is 73.5 Å². The third-order valence-corrected chi connectivity index (χ3v) is 6.79. The van der Waals surface area contributed by atoms with Gasteiger partial charge in [0.2, 0.25) is 0 Å². The molecule has 1 aliphatic heterocycles. The number of amides is 1. The first-order valence-electron chi connectivity index (χ1n) is 12.0. The van der Waals surface area contributed by atoms with E-state index in [-0.39, 0.29) is 18.6 Å². The third-order valence-electron chi connectivity index (χ3n) is 6.79. The Bertz CT molecular complexity index is 1110. The van der Waals surface area contributed by atoms with Crippen LogP contribution in [-0.4, -0.2) is 43.7 Å². The van der Waals surface area contributed by atoms with Crippen molar-refractivity contribution in [1.29, 1.82) is 0 Å².